The Labute approximate surface area is 74.5 Å². The molecule has 1 aromatic heterocycles. The van der Waals surface area contributed by atoms with Gasteiger partial charge in [0.15, 0.2) is 0 Å². The second kappa shape index (κ2) is 3.87. The van der Waals surface area contributed by atoms with E-state index in [1.807, 2.05) is 0 Å². The van der Waals surface area contributed by atoms with Gasteiger partial charge in [-0.25, -0.2) is 0 Å². The number of nitrogens with one attached hydrogen (secondary N) is 1. The van der Waals surface area contributed by atoms with E-state index in [0.717, 1.165) is 0 Å². The van der Waals surface area contributed by atoms with E-state index < -0.39 is 5.30 Å². The van der Waals surface area contributed by atoms with E-state index >= 15 is 0 Å². The summed E-state index contributed by atoms with van der Waals surface area (Å²) in [5.41, 5.74) is 0.511. The molecule has 0 radical (unpaired) electrons. The molecule has 0 saturated carbocycles. The van der Waals surface area contributed by atoms with Gasteiger partial charge in [0.05, 0.1) is 12.6 Å². The molecule has 0 aliphatic heterocycles. The van der Waals surface area contributed by atoms with E-state index in [9.17, 15) is 4.79 Å². The summed E-state index contributed by atoms with van der Waals surface area (Å²) >= 11 is 2.60. The predicted molar refractivity (Wildman–Crippen MR) is 47.7 cm³/mol. The lowest BCUT2D eigenvalue weighted by Gasteiger charge is -1.97. The van der Waals surface area contributed by atoms with Crippen LogP contribution in [0.3, 0.4) is 0 Å². The summed E-state index contributed by atoms with van der Waals surface area (Å²) in [5, 5.41) is 6.57. The number of ether oxygens (including phenoxy) is 1. The lowest BCUT2D eigenvalue weighted by molar-refractivity contribution is 0.224. The van der Waals surface area contributed by atoms with Crippen LogP contribution in [-0.2, 0) is 17.4 Å². The molecule has 1 N–H and O–H groups in total. The summed E-state index contributed by atoms with van der Waals surface area (Å²) in [6, 6.07) is 3.16. The van der Waals surface area contributed by atoms with Crippen LogP contribution in [0.1, 0.15) is 5.56 Å². The Morgan fingerprint density at radius 1 is 1.50 bits per heavy atom. The molecule has 1 aromatic rings. The minimum absolute atomic E-state index is 0.197. The number of carbonyl (C=O) groups is 1. The SMILES string of the molecule is N=C(OC(=O)[SH2+])c1ccncc1. The van der Waals surface area contributed by atoms with Crippen LogP contribution in [0.5, 0.6) is 0 Å². The van der Waals surface area contributed by atoms with Crippen molar-refractivity contribution >= 4 is 23.8 Å². The van der Waals surface area contributed by atoms with E-state index in [-0.39, 0.29) is 5.90 Å². The first kappa shape index (κ1) is 8.73. The van der Waals surface area contributed by atoms with Gasteiger partial charge in [-0.1, -0.05) is 0 Å². The zero-order chi connectivity index (χ0) is 8.97. The Balaban J connectivity index is 2.73. The maximum Gasteiger partial charge on any atom is 0.527 e. The van der Waals surface area contributed by atoms with E-state index in [1.54, 1.807) is 12.1 Å². The predicted octanol–water partition coefficient (Wildman–Crippen LogP) is 0.555. The molecule has 0 saturated heterocycles. The molecule has 12 heavy (non-hydrogen) atoms. The molecule has 0 aliphatic rings. The Hall–Kier alpha value is -1.36. The highest BCUT2D eigenvalue weighted by atomic mass is 32.1. The second-order valence-corrected chi connectivity index (χ2v) is 2.36. The summed E-state index contributed by atoms with van der Waals surface area (Å²) in [6.07, 6.45) is 3.04. The van der Waals surface area contributed by atoms with Gasteiger partial charge in [-0.3, -0.25) is 10.4 Å². The van der Waals surface area contributed by atoms with Gasteiger partial charge in [-0.15, -0.1) is 0 Å². The highest BCUT2D eigenvalue weighted by Gasteiger charge is 2.08. The molecule has 0 aromatic carbocycles. The van der Waals surface area contributed by atoms with Crippen molar-refractivity contribution in [2.24, 2.45) is 0 Å². The summed E-state index contributed by atoms with van der Waals surface area (Å²) in [7, 11) is 0. The monoisotopic (exact) mass is 183 g/mol. The van der Waals surface area contributed by atoms with Crippen molar-refractivity contribution in [3.8, 4) is 0 Å². The van der Waals surface area contributed by atoms with Gasteiger partial charge < -0.3 is 4.74 Å². The van der Waals surface area contributed by atoms with Crippen molar-refractivity contribution < 1.29 is 9.53 Å². The van der Waals surface area contributed by atoms with Gasteiger partial charge >= 0.3 is 5.30 Å². The third-order valence-corrected chi connectivity index (χ3v) is 1.24. The zero-order valence-corrected chi connectivity index (χ0v) is 7.07. The van der Waals surface area contributed by atoms with Crippen molar-refractivity contribution in [3.63, 3.8) is 0 Å². The van der Waals surface area contributed by atoms with Crippen molar-refractivity contribution in [1.82, 2.24) is 4.98 Å². The lowest BCUT2D eigenvalue weighted by Crippen LogP contribution is -2.08. The van der Waals surface area contributed by atoms with Gasteiger partial charge in [-0.2, -0.15) is 4.79 Å². The van der Waals surface area contributed by atoms with Crippen molar-refractivity contribution in [2.45, 2.75) is 0 Å². The van der Waals surface area contributed by atoms with Gasteiger partial charge in [0.2, 0.25) is 5.90 Å². The highest BCUT2D eigenvalue weighted by Crippen LogP contribution is 1.98. The molecule has 1 rings (SSSR count). The molecule has 0 spiro atoms. The molecule has 1 heterocycles. The fourth-order valence-corrected chi connectivity index (χ4v) is 0.757. The number of carbonyl (C=O) groups excluding carboxylic acids is 1. The number of rotatable bonds is 1. The Morgan fingerprint density at radius 2 is 2.08 bits per heavy atom. The van der Waals surface area contributed by atoms with Crippen molar-refractivity contribution in [1.29, 1.82) is 5.41 Å². The Kier molecular flexibility index (Phi) is 2.82. The molecule has 62 valence electrons. The van der Waals surface area contributed by atoms with Crippen molar-refractivity contribution in [2.75, 3.05) is 0 Å². The fourth-order valence-electron chi connectivity index (χ4n) is 0.655. The molecule has 0 fully saturated rings. The Bertz CT molecular complexity index is 300. The van der Waals surface area contributed by atoms with Gasteiger partial charge in [-0.05, 0) is 12.1 Å². The molecular formula is C7H7N2O2S+. The van der Waals surface area contributed by atoms with Gasteiger partial charge in [0.1, 0.15) is 0 Å². The lowest BCUT2D eigenvalue weighted by atomic mass is 10.3. The van der Waals surface area contributed by atoms with Crippen LogP contribution in [0.25, 0.3) is 0 Å². The maximum atomic E-state index is 10.4. The molecule has 0 unspecified atom stereocenters. The van der Waals surface area contributed by atoms with Gasteiger partial charge in [0, 0.05) is 18.0 Å². The molecule has 4 nitrogen and oxygen atoms in total. The fraction of sp³-hybridized carbons (Fsp3) is 0. The van der Waals surface area contributed by atoms with Crippen LogP contribution >= 0.6 is 0 Å². The third-order valence-electron chi connectivity index (χ3n) is 1.14. The number of pyridine rings is 1. The topological polar surface area (TPSA) is 63.0 Å². The highest BCUT2D eigenvalue weighted by molar-refractivity contribution is 7.76. The molecule has 5 heteroatoms. The average molecular weight is 183 g/mol. The van der Waals surface area contributed by atoms with Crippen LogP contribution in [0.4, 0.5) is 4.79 Å². The largest absolute Gasteiger partial charge is 0.527 e. The first-order valence-electron chi connectivity index (χ1n) is 3.12. The molecule has 0 bridgehead atoms. The average Bonchev–Trinajstić information content (AvgIpc) is 2.05. The summed E-state index contributed by atoms with van der Waals surface area (Å²) < 4.78 is 4.47. The van der Waals surface area contributed by atoms with Gasteiger partial charge in [0.25, 0.3) is 0 Å². The smallest absolute Gasteiger partial charge is 0.367 e. The van der Waals surface area contributed by atoms with Crippen LogP contribution in [0, 0.1) is 5.41 Å². The maximum absolute atomic E-state index is 10.4. The van der Waals surface area contributed by atoms with E-state index in [4.69, 9.17) is 5.41 Å². The van der Waals surface area contributed by atoms with Crippen LogP contribution in [0.2, 0.25) is 0 Å². The van der Waals surface area contributed by atoms with Crippen molar-refractivity contribution in [3.05, 3.63) is 30.1 Å². The number of aromatic nitrogens is 1. The van der Waals surface area contributed by atoms with E-state index in [2.05, 4.69) is 22.3 Å². The second-order valence-electron chi connectivity index (χ2n) is 1.95. The first-order valence-corrected chi connectivity index (χ1v) is 3.62. The number of nitrogens with zero attached hydrogens (tertiary/aromatic N) is 1. The summed E-state index contributed by atoms with van der Waals surface area (Å²) in [6.45, 7) is 0. The number of hydrogen-bond acceptors (Lipinski definition) is 4. The Morgan fingerprint density at radius 3 is 2.58 bits per heavy atom. The van der Waals surface area contributed by atoms with Crippen LogP contribution < -0.4 is 0 Å². The first-order chi connectivity index (χ1) is 5.70. The normalized spacial score (nSPS) is 9.08. The number of hydrogen-bond donors (Lipinski definition) is 1. The third kappa shape index (κ3) is 2.35. The van der Waals surface area contributed by atoms with E-state index in [1.165, 1.54) is 12.4 Å². The molecule has 0 aliphatic carbocycles. The summed E-state index contributed by atoms with van der Waals surface area (Å²) in [5.74, 6) is -0.197. The van der Waals surface area contributed by atoms with E-state index in [0.29, 0.717) is 5.56 Å². The summed E-state index contributed by atoms with van der Waals surface area (Å²) in [4.78, 5) is 14.1. The minimum atomic E-state index is -0.684. The van der Waals surface area contributed by atoms with Crippen LogP contribution in [-0.4, -0.2) is 16.2 Å². The molecular weight excluding hydrogens is 176 g/mol. The standard InChI is InChI=1S/C7H6N2O2S/c8-6(11-7(10)12)5-1-3-9-4-2-5/h1-4,8H,(H,10,12)/p+1. The minimum Gasteiger partial charge on any atom is -0.367 e. The quantitative estimate of drug-likeness (QED) is 0.299. The molecule has 0 amide bonds. The van der Waals surface area contributed by atoms with Crippen LogP contribution in [0.15, 0.2) is 24.5 Å². The zero-order valence-electron chi connectivity index (χ0n) is 6.07. The molecule has 0 atom stereocenters.